The Bertz CT molecular complexity index is 321. The number of nitrogens with one attached hydrogen (secondary N) is 1. The summed E-state index contributed by atoms with van der Waals surface area (Å²) in [7, 11) is 2.15. The van der Waals surface area contributed by atoms with Crippen molar-refractivity contribution in [3.05, 3.63) is 43.0 Å². The first-order valence-corrected chi connectivity index (χ1v) is 6.84. The third-order valence-corrected chi connectivity index (χ3v) is 3.16. The first-order valence-electron chi connectivity index (χ1n) is 6.84. The minimum Gasteiger partial charge on any atom is -0.375 e. The summed E-state index contributed by atoms with van der Waals surface area (Å²) in [5, 5.41) is 3.55. The normalized spacial score (nSPS) is 12.1. The van der Waals surface area contributed by atoms with Gasteiger partial charge in [-0.1, -0.05) is 24.3 Å². The van der Waals surface area contributed by atoms with Crippen molar-refractivity contribution in [1.29, 1.82) is 0 Å². The average Bonchev–Trinajstić information content (AvgIpc) is 2.42. The first-order chi connectivity index (χ1) is 8.74. The summed E-state index contributed by atoms with van der Waals surface area (Å²) in [6, 6.07) is 11.1. The van der Waals surface area contributed by atoms with Gasteiger partial charge in [0.05, 0.1) is 0 Å². The van der Waals surface area contributed by atoms with Crippen LogP contribution in [0.1, 0.15) is 26.2 Å². The zero-order chi connectivity index (χ0) is 13.2. The Balaban J connectivity index is 2.12. The molecule has 0 saturated heterocycles. The van der Waals surface area contributed by atoms with Crippen molar-refractivity contribution < 1.29 is 0 Å². The third kappa shape index (κ3) is 5.87. The molecule has 0 aliphatic rings. The zero-order valence-corrected chi connectivity index (χ0v) is 11.7. The Morgan fingerprint density at radius 3 is 2.72 bits per heavy atom. The summed E-state index contributed by atoms with van der Waals surface area (Å²) < 4.78 is 0. The molecule has 1 unspecified atom stereocenters. The van der Waals surface area contributed by atoms with Crippen molar-refractivity contribution in [2.45, 2.75) is 32.2 Å². The van der Waals surface area contributed by atoms with E-state index < -0.39 is 0 Å². The summed E-state index contributed by atoms with van der Waals surface area (Å²) in [5.74, 6) is 0. The largest absolute Gasteiger partial charge is 0.375 e. The number of rotatable bonds is 9. The van der Waals surface area contributed by atoms with Crippen molar-refractivity contribution >= 4 is 5.69 Å². The lowest BCUT2D eigenvalue weighted by atomic mass is 10.2. The predicted molar refractivity (Wildman–Crippen MR) is 81.2 cm³/mol. The van der Waals surface area contributed by atoms with Crippen LogP contribution in [0, 0.1) is 0 Å². The van der Waals surface area contributed by atoms with E-state index in [0.717, 1.165) is 19.5 Å². The van der Waals surface area contributed by atoms with Crippen LogP contribution >= 0.6 is 0 Å². The highest BCUT2D eigenvalue weighted by Crippen LogP contribution is 2.10. The van der Waals surface area contributed by atoms with Gasteiger partial charge in [-0.3, -0.25) is 0 Å². The molecule has 2 heteroatoms. The summed E-state index contributed by atoms with van der Waals surface area (Å²) >= 11 is 0. The molecule has 18 heavy (non-hydrogen) atoms. The molecule has 1 rings (SSSR count). The van der Waals surface area contributed by atoms with Gasteiger partial charge in [0.25, 0.3) is 0 Å². The SMILES string of the molecule is C=CCCC(C)NCCCN(C)c1ccccc1. The molecular weight excluding hydrogens is 220 g/mol. The van der Waals surface area contributed by atoms with E-state index in [1.807, 2.05) is 6.08 Å². The minimum absolute atomic E-state index is 0.588. The summed E-state index contributed by atoms with van der Waals surface area (Å²) in [5.41, 5.74) is 1.29. The first kappa shape index (κ1) is 14.8. The highest BCUT2D eigenvalue weighted by molar-refractivity contribution is 5.44. The van der Waals surface area contributed by atoms with Gasteiger partial charge >= 0.3 is 0 Å². The summed E-state index contributed by atoms with van der Waals surface area (Å²) in [4.78, 5) is 2.30. The van der Waals surface area contributed by atoms with Crippen LogP contribution in [-0.2, 0) is 0 Å². The van der Waals surface area contributed by atoms with Crippen molar-refractivity contribution in [3.8, 4) is 0 Å². The molecule has 0 heterocycles. The standard InChI is InChI=1S/C16H26N2/c1-4-5-10-15(2)17-13-9-14-18(3)16-11-7-6-8-12-16/h4,6-8,11-12,15,17H,1,5,9-10,13-14H2,2-3H3. The van der Waals surface area contributed by atoms with E-state index in [9.17, 15) is 0 Å². The van der Waals surface area contributed by atoms with Gasteiger partial charge in [0.2, 0.25) is 0 Å². The van der Waals surface area contributed by atoms with Gasteiger partial charge in [-0.25, -0.2) is 0 Å². The molecule has 1 aromatic carbocycles. The fraction of sp³-hybridized carbons (Fsp3) is 0.500. The minimum atomic E-state index is 0.588. The number of para-hydroxylation sites is 1. The molecule has 1 N–H and O–H groups in total. The van der Waals surface area contributed by atoms with Gasteiger partial charge in [0.15, 0.2) is 0 Å². The zero-order valence-electron chi connectivity index (χ0n) is 11.7. The lowest BCUT2D eigenvalue weighted by molar-refractivity contribution is 0.510. The summed E-state index contributed by atoms with van der Waals surface area (Å²) in [6.45, 7) is 8.16. The maximum Gasteiger partial charge on any atom is 0.0363 e. The van der Waals surface area contributed by atoms with Crippen LogP contribution in [0.15, 0.2) is 43.0 Å². The monoisotopic (exact) mass is 246 g/mol. The van der Waals surface area contributed by atoms with E-state index in [0.29, 0.717) is 6.04 Å². The molecule has 0 aromatic heterocycles. The molecule has 1 aromatic rings. The van der Waals surface area contributed by atoms with Crippen LogP contribution in [-0.4, -0.2) is 26.2 Å². The topological polar surface area (TPSA) is 15.3 Å². The number of allylic oxidation sites excluding steroid dienone is 1. The van der Waals surface area contributed by atoms with E-state index in [4.69, 9.17) is 0 Å². The number of benzene rings is 1. The van der Waals surface area contributed by atoms with Gasteiger partial charge < -0.3 is 10.2 Å². The van der Waals surface area contributed by atoms with Crippen molar-refractivity contribution in [2.24, 2.45) is 0 Å². The van der Waals surface area contributed by atoms with E-state index in [1.165, 1.54) is 18.5 Å². The molecule has 0 fully saturated rings. The van der Waals surface area contributed by atoms with Gasteiger partial charge in [-0.2, -0.15) is 0 Å². The quantitative estimate of drug-likeness (QED) is 0.530. The second-order valence-corrected chi connectivity index (χ2v) is 4.83. The smallest absolute Gasteiger partial charge is 0.0363 e. The second kappa shape index (κ2) is 8.76. The lowest BCUT2D eigenvalue weighted by Gasteiger charge is -2.20. The third-order valence-electron chi connectivity index (χ3n) is 3.16. The van der Waals surface area contributed by atoms with Crippen LogP contribution in [0.5, 0.6) is 0 Å². The van der Waals surface area contributed by atoms with E-state index in [2.05, 4.69) is 61.1 Å². The van der Waals surface area contributed by atoms with Crippen LogP contribution < -0.4 is 10.2 Å². The van der Waals surface area contributed by atoms with Crippen LogP contribution in [0.25, 0.3) is 0 Å². The molecular formula is C16H26N2. The van der Waals surface area contributed by atoms with Gasteiger partial charge in [-0.15, -0.1) is 6.58 Å². The average molecular weight is 246 g/mol. The number of nitrogens with zero attached hydrogens (tertiary/aromatic N) is 1. The number of anilines is 1. The van der Waals surface area contributed by atoms with Gasteiger partial charge in [-0.05, 0) is 44.9 Å². The molecule has 0 saturated carbocycles. The molecule has 0 aliphatic heterocycles. The lowest BCUT2D eigenvalue weighted by Crippen LogP contribution is -2.29. The van der Waals surface area contributed by atoms with Crippen molar-refractivity contribution in [2.75, 3.05) is 25.0 Å². The van der Waals surface area contributed by atoms with Crippen LogP contribution in [0.3, 0.4) is 0 Å². The molecule has 2 nitrogen and oxygen atoms in total. The van der Waals surface area contributed by atoms with E-state index >= 15 is 0 Å². The maximum atomic E-state index is 3.75. The molecule has 0 radical (unpaired) electrons. The molecule has 0 aliphatic carbocycles. The fourth-order valence-electron chi connectivity index (χ4n) is 1.95. The highest BCUT2D eigenvalue weighted by Gasteiger charge is 2.01. The highest BCUT2D eigenvalue weighted by atomic mass is 15.1. The molecule has 0 bridgehead atoms. The van der Waals surface area contributed by atoms with E-state index in [1.54, 1.807) is 0 Å². The van der Waals surface area contributed by atoms with E-state index in [-0.39, 0.29) is 0 Å². The molecule has 0 spiro atoms. The second-order valence-electron chi connectivity index (χ2n) is 4.83. The fourth-order valence-corrected chi connectivity index (χ4v) is 1.95. The number of hydrogen-bond acceptors (Lipinski definition) is 2. The Morgan fingerprint density at radius 1 is 1.33 bits per heavy atom. The Labute approximate surface area is 112 Å². The van der Waals surface area contributed by atoms with Crippen molar-refractivity contribution in [1.82, 2.24) is 5.32 Å². The van der Waals surface area contributed by atoms with Crippen LogP contribution in [0.4, 0.5) is 5.69 Å². The Morgan fingerprint density at radius 2 is 2.06 bits per heavy atom. The van der Waals surface area contributed by atoms with Crippen molar-refractivity contribution in [3.63, 3.8) is 0 Å². The predicted octanol–water partition coefficient (Wildman–Crippen LogP) is 3.46. The number of hydrogen-bond donors (Lipinski definition) is 1. The molecule has 100 valence electrons. The Kier molecular flexibility index (Phi) is 7.19. The Hall–Kier alpha value is -1.28. The molecule has 0 amide bonds. The van der Waals surface area contributed by atoms with Gasteiger partial charge in [0.1, 0.15) is 0 Å². The van der Waals surface area contributed by atoms with Gasteiger partial charge in [0, 0.05) is 25.3 Å². The van der Waals surface area contributed by atoms with Crippen LogP contribution in [0.2, 0.25) is 0 Å². The summed E-state index contributed by atoms with van der Waals surface area (Å²) in [6.07, 6.45) is 5.43. The molecule has 1 atom stereocenters. The maximum absolute atomic E-state index is 3.75.